The van der Waals surface area contributed by atoms with E-state index in [2.05, 4.69) is 0 Å². The van der Waals surface area contributed by atoms with Gasteiger partial charge in [-0.15, -0.1) is 0 Å². The van der Waals surface area contributed by atoms with E-state index in [0.717, 1.165) is 0 Å². The van der Waals surface area contributed by atoms with Gasteiger partial charge in [-0.05, 0) is 12.1 Å². The molecule has 2 N–H and O–H groups in total. The largest absolute Gasteiger partial charge is 0.507 e. The Balaban J connectivity index is 2.89. The number of fused-ring (bicyclic) bond motifs is 1. The molecule has 0 aliphatic rings. The predicted octanol–water partition coefficient (Wildman–Crippen LogP) is 0.779. The number of aromatic nitrogens is 1. The molecule has 4 heteroatoms. The molecule has 1 aromatic heterocycles. The molecule has 1 heterocycles. The summed E-state index contributed by atoms with van der Waals surface area (Å²) in [6, 6.07) is 7.15. The molecule has 16 heavy (non-hydrogen) atoms. The summed E-state index contributed by atoms with van der Waals surface area (Å²) in [6.07, 6.45) is 0.170. The van der Waals surface area contributed by atoms with Crippen molar-refractivity contribution < 1.29 is 10.2 Å². The van der Waals surface area contributed by atoms with Gasteiger partial charge in [0.15, 0.2) is 0 Å². The quantitative estimate of drug-likeness (QED) is 0.784. The molecular formula is C12H13NO3. The first-order valence-corrected chi connectivity index (χ1v) is 5.07. The van der Waals surface area contributed by atoms with Gasteiger partial charge in [0.05, 0.1) is 11.1 Å². The molecule has 4 nitrogen and oxygen atoms in total. The van der Waals surface area contributed by atoms with Crippen LogP contribution in [-0.4, -0.2) is 21.4 Å². The zero-order chi connectivity index (χ0) is 11.7. The Labute approximate surface area is 92.4 Å². The normalized spacial score (nSPS) is 10.9. The van der Waals surface area contributed by atoms with E-state index in [1.165, 1.54) is 4.57 Å². The zero-order valence-electron chi connectivity index (χ0n) is 8.97. The first-order valence-electron chi connectivity index (χ1n) is 5.07. The summed E-state index contributed by atoms with van der Waals surface area (Å²) >= 11 is 0. The second-order valence-corrected chi connectivity index (χ2v) is 3.68. The molecule has 0 saturated carbocycles. The van der Waals surface area contributed by atoms with Crippen molar-refractivity contribution >= 4 is 10.9 Å². The monoisotopic (exact) mass is 219 g/mol. The molecule has 84 valence electrons. The van der Waals surface area contributed by atoms with Crippen molar-refractivity contribution in [2.24, 2.45) is 7.05 Å². The van der Waals surface area contributed by atoms with Crippen LogP contribution in [0.4, 0.5) is 0 Å². The topological polar surface area (TPSA) is 62.5 Å². The second-order valence-electron chi connectivity index (χ2n) is 3.68. The van der Waals surface area contributed by atoms with Crippen molar-refractivity contribution in [2.45, 2.75) is 6.42 Å². The summed E-state index contributed by atoms with van der Waals surface area (Å²) in [5, 5.41) is 19.5. The molecular weight excluding hydrogens is 206 g/mol. The zero-order valence-corrected chi connectivity index (χ0v) is 8.97. The Bertz CT molecular complexity index is 587. The highest BCUT2D eigenvalue weighted by Crippen LogP contribution is 2.25. The fraction of sp³-hybridized carbons (Fsp3) is 0.250. The summed E-state index contributed by atoms with van der Waals surface area (Å²) in [5.74, 6) is -0.0206. The molecule has 0 bridgehead atoms. The lowest BCUT2D eigenvalue weighted by atomic mass is 10.1. The second kappa shape index (κ2) is 3.98. The molecule has 0 atom stereocenters. The van der Waals surface area contributed by atoms with E-state index in [1.807, 2.05) is 6.07 Å². The first kappa shape index (κ1) is 10.7. The minimum absolute atomic E-state index is 0.0206. The van der Waals surface area contributed by atoms with Gasteiger partial charge in [0.2, 0.25) is 0 Å². The van der Waals surface area contributed by atoms with Crippen LogP contribution in [0.2, 0.25) is 0 Å². The number of pyridine rings is 1. The third kappa shape index (κ3) is 1.47. The van der Waals surface area contributed by atoms with Crippen molar-refractivity contribution in [3.05, 3.63) is 40.2 Å². The number of aliphatic hydroxyl groups is 1. The molecule has 0 aliphatic heterocycles. The van der Waals surface area contributed by atoms with Gasteiger partial charge in [0.1, 0.15) is 5.75 Å². The standard InChI is InChI=1S/C12H13NO3/c1-13-10-5-3-2-4-8(10)11(15)9(6-7-14)12(13)16/h2-5,14-15H,6-7H2,1H3. The van der Waals surface area contributed by atoms with Crippen LogP contribution in [0, 0.1) is 0 Å². The van der Waals surface area contributed by atoms with Crippen molar-refractivity contribution in [1.82, 2.24) is 4.57 Å². The number of aryl methyl sites for hydroxylation is 1. The Morgan fingerprint density at radius 2 is 2.00 bits per heavy atom. The van der Waals surface area contributed by atoms with Crippen LogP contribution in [0.25, 0.3) is 10.9 Å². The number of para-hydroxylation sites is 1. The van der Waals surface area contributed by atoms with Crippen LogP contribution >= 0.6 is 0 Å². The molecule has 2 aromatic rings. The average molecular weight is 219 g/mol. The highest BCUT2D eigenvalue weighted by Gasteiger charge is 2.13. The number of hydrogen-bond acceptors (Lipinski definition) is 3. The lowest BCUT2D eigenvalue weighted by molar-refractivity contribution is 0.297. The maximum Gasteiger partial charge on any atom is 0.257 e. The molecule has 1 aromatic carbocycles. The van der Waals surface area contributed by atoms with Gasteiger partial charge in [0.25, 0.3) is 5.56 Å². The lowest BCUT2D eigenvalue weighted by Gasteiger charge is -2.10. The van der Waals surface area contributed by atoms with Gasteiger partial charge in [-0.25, -0.2) is 0 Å². The van der Waals surface area contributed by atoms with Gasteiger partial charge in [-0.3, -0.25) is 4.79 Å². The SMILES string of the molecule is Cn1c(=O)c(CCO)c(O)c2ccccc21. The van der Waals surface area contributed by atoms with Gasteiger partial charge in [-0.1, -0.05) is 12.1 Å². The Morgan fingerprint density at radius 3 is 2.69 bits per heavy atom. The molecule has 0 saturated heterocycles. The fourth-order valence-corrected chi connectivity index (χ4v) is 1.88. The number of aliphatic hydroxyl groups excluding tert-OH is 1. The van der Waals surface area contributed by atoms with E-state index in [9.17, 15) is 9.90 Å². The molecule has 2 rings (SSSR count). The molecule has 0 fully saturated rings. The number of hydrogen-bond donors (Lipinski definition) is 2. The van der Waals surface area contributed by atoms with Crippen LogP contribution in [0.1, 0.15) is 5.56 Å². The minimum atomic E-state index is -0.259. The maximum absolute atomic E-state index is 11.9. The molecule has 0 spiro atoms. The highest BCUT2D eigenvalue weighted by molar-refractivity contribution is 5.86. The summed E-state index contributed by atoms with van der Waals surface area (Å²) in [5.41, 5.74) is 0.695. The summed E-state index contributed by atoms with van der Waals surface area (Å²) in [4.78, 5) is 11.9. The number of aromatic hydroxyl groups is 1. The van der Waals surface area contributed by atoms with Crippen LogP contribution in [0.5, 0.6) is 5.75 Å². The van der Waals surface area contributed by atoms with Crippen molar-refractivity contribution in [2.75, 3.05) is 6.61 Å². The number of rotatable bonds is 2. The van der Waals surface area contributed by atoms with E-state index >= 15 is 0 Å². The third-order valence-corrected chi connectivity index (χ3v) is 2.73. The van der Waals surface area contributed by atoms with Gasteiger partial charge < -0.3 is 14.8 Å². The molecule has 0 amide bonds. The smallest absolute Gasteiger partial charge is 0.257 e. The number of nitrogens with zero attached hydrogens (tertiary/aromatic N) is 1. The molecule has 0 unspecified atom stereocenters. The van der Waals surface area contributed by atoms with Crippen LogP contribution in [0.15, 0.2) is 29.1 Å². The summed E-state index contributed by atoms with van der Waals surface area (Å²) in [6.45, 7) is -0.152. The van der Waals surface area contributed by atoms with Crippen LogP contribution < -0.4 is 5.56 Å². The van der Waals surface area contributed by atoms with Crippen molar-refractivity contribution in [3.63, 3.8) is 0 Å². The highest BCUT2D eigenvalue weighted by atomic mass is 16.3. The van der Waals surface area contributed by atoms with Crippen molar-refractivity contribution in [1.29, 1.82) is 0 Å². The Hall–Kier alpha value is -1.81. The third-order valence-electron chi connectivity index (χ3n) is 2.73. The molecule has 0 aliphatic carbocycles. The summed E-state index contributed by atoms with van der Waals surface area (Å²) in [7, 11) is 1.66. The fourth-order valence-electron chi connectivity index (χ4n) is 1.88. The summed E-state index contributed by atoms with van der Waals surface area (Å²) < 4.78 is 1.49. The Morgan fingerprint density at radius 1 is 1.31 bits per heavy atom. The van der Waals surface area contributed by atoms with Gasteiger partial charge in [-0.2, -0.15) is 0 Å². The average Bonchev–Trinajstić information content (AvgIpc) is 2.32. The molecule has 0 radical (unpaired) electrons. The number of benzene rings is 1. The predicted molar refractivity (Wildman–Crippen MR) is 61.6 cm³/mol. The van der Waals surface area contributed by atoms with Gasteiger partial charge in [0, 0.05) is 25.5 Å². The van der Waals surface area contributed by atoms with E-state index < -0.39 is 0 Å². The maximum atomic E-state index is 11.9. The first-order chi connectivity index (χ1) is 7.66. The van der Waals surface area contributed by atoms with E-state index in [0.29, 0.717) is 10.9 Å². The van der Waals surface area contributed by atoms with E-state index in [-0.39, 0.29) is 29.9 Å². The van der Waals surface area contributed by atoms with Crippen molar-refractivity contribution in [3.8, 4) is 5.75 Å². The Kier molecular flexibility index (Phi) is 2.66. The van der Waals surface area contributed by atoms with Gasteiger partial charge >= 0.3 is 0 Å². The van der Waals surface area contributed by atoms with Crippen LogP contribution in [0.3, 0.4) is 0 Å². The lowest BCUT2D eigenvalue weighted by Crippen LogP contribution is -2.22. The minimum Gasteiger partial charge on any atom is -0.507 e. The van der Waals surface area contributed by atoms with Crippen LogP contribution in [-0.2, 0) is 13.5 Å². The van der Waals surface area contributed by atoms with E-state index in [1.54, 1.807) is 25.2 Å². The van der Waals surface area contributed by atoms with E-state index in [4.69, 9.17) is 5.11 Å².